The summed E-state index contributed by atoms with van der Waals surface area (Å²) in [4.78, 5) is 16.5. The summed E-state index contributed by atoms with van der Waals surface area (Å²) in [5.74, 6) is -0.375. The lowest BCUT2D eigenvalue weighted by Crippen LogP contribution is -2.07. The molecule has 164 valence electrons. The van der Waals surface area contributed by atoms with Crippen LogP contribution in [0.1, 0.15) is 49.1 Å². The second-order valence-electron chi connectivity index (χ2n) is 7.77. The Labute approximate surface area is 189 Å². The number of amides is 1. The van der Waals surface area contributed by atoms with Crippen molar-refractivity contribution in [3.63, 3.8) is 0 Å². The van der Waals surface area contributed by atoms with Crippen LogP contribution in [0.4, 0.5) is 10.1 Å². The van der Waals surface area contributed by atoms with Crippen LogP contribution in [-0.4, -0.2) is 10.9 Å². The van der Waals surface area contributed by atoms with Crippen LogP contribution < -0.4 is 5.32 Å². The van der Waals surface area contributed by atoms with Gasteiger partial charge in [-0.05, 0) is 68.2 Å². The highest BCUT2D eigenvalue weighted by Crippen LogP contribution is 2.32. The summed E-state index contributed by atoms with van der Waals surface area (Å²) < 4.78 is 15.1. The summed E-state index contributed by atoms with van der Waals surface area (Å²) in [5, 5.41) is 2.86. The molecule has 1 heterocycles. The standard InChI is InChI=1S/C28H29FN2O/c1-5-7-14-24(25-15-8-11-19(3)28(25)29)26-17-22(18-30-20(26)4)21-12-9-13-23(16-21)31-27(32)10-6-2/h6,8-18H,5,7H2,1-4H3,(H,31,32)/b10-6+,24-14-. The lowest BCUT2D eigenvalue weighted by Gasteiger charge is -2.15. The number of unbranched alkanes of at least 4 members (excludes halogenated alkanes) is 1. The molecule has 0 radical (unpaired) electrons. The topological polar surface area (TPSA) is 42.0 Å². The summed E-state index contributed by atoms with van der Waals surface area (Å²) in [6.07, 6.45) is 8.91. The molecule has 0 aliphatic carbocycles. The summed E-state index contributed by atoms with van der Waals surface area (Å²) in [5.41, 5.74) is 6.36. The second-order valence-corrected chi connectivity index (χ2v) is 7.77. The van der Waals surface area contributed by atoms with Crippen LogP contribution in [0, 0.1) is 19.7 Å². The molecule has 1 amide bonds. The van der Waals surface area contributed by atoms with Gasteiger partial charge in [0.2, 0.25) is 5.91 Å². The van der Waals surface area contributed by atoms with E-state index in [9.17, 15) is 4.79 Å². The maximum absolute atomic E-state index is 15.1. The maximum atomic E-state index is 15.1. The van der Waals surface area contributed by atoms with E-state index in [0.717, 1.165) is 40.8 Å². The Morgan fingerprint density at radius 2 is 1.84 bits per heavy atom. The average molecular weight is 429 g/mol. The van der Waals surface area contributed by atoms with E-state index in [1.165, 1.54) is 6.08 Å². The van der Waals surface area contributed by atoms with Gasteiger partial charge in [-0.1, -0.05) is 55.8 Å². The number of nitrogens with zero attached hydrogens (tertiary/aromatic N) is 1. The van der Waals surface area contributed by atoms with Crippen molar-refractivity contribution in [2.75, 3.05) is 5.32 Å². The number of halogens is 1. The number of carbonyl (C=O) groups is 1. The Morgan fingerprint density at radius 3 is 2.59 bits per heavy atom. The van der Waals surface area contributed by atoms with Crippen LogP contribution in [0.5, 0.6) is 0 Å². The van der Waals surface area contributed by atoms with Gasteiger partial charge in [0.15, 0.2) is 0 Å². The minimum atomic E-state index is -0.201. The molecule has 3 nitrogen and oxygen atoms in total. The number of anilines is 1. The van der Waals surface area contributed by atoms with E-state index in [-0.39, 0.29) is 11.7 Å². The zero-order valence-corrected chi connectivity index (χ0v) is 19.1. The number of aromatic nitrogens is 1. The number of benzene rings is 2. The molecule has 0 atom stereocenters. The van der Waals surface area contributed by atoms with Gasteiger partial charge in [-0.25, -0.2) is 4.39 Å². The molecule has 1 aromatic heterocycles. The van der Waals surface area contributed by atoms with Crippen molar-refractivity contribution in [2.24, 2.45) is 0 Å². The van der Waals surface area contributed by atoms with Gasteiger partial charge >= 0.3 is 0 Å². The second kappa shape index (κ2) is 10.7. The summed E-state index contributed by atoms with van der Waals surface area (Å²) >= 11 is 0. The van der Waals surface area contributed by atoms with Crippen molar-refractivity contribution in [1.82, 2.24) is 4.98 Å². The Morgan fingerprint density at radius 1 is 1.06 bits per heavy atom. The van der Waals surface area contributed by atoms with Crippen molar-refractivity contribution >= 4 is 17.2 Å². The molecule has 3 aromatic rings. The van der Waals surface area contributed by atoms with Crippen molar-refractivity contribution < 1.29 is 9.18 Å². The molecule has 3 rings (SSSR count). The van der Waals surface area contributed by atoms with E-state index in [1.807, 2.05) is 49.5 Å². The SMILES string of the molecule is C/C=C/C(=O)Nc1cccc(-c2cnc(C)c(/C(=C\CCC)c3cccc(C)c3F)c2)c1. The zero-order valence-electron chi connectivity index (χ0n) is 19.1. The van der Waals surface area contributed by atoms with Crippen LogP contribution in [-0.2, 0) is 4.79 Å². The van der Waals surface area contributed by atoms with Crippen LogP contribution >= 0.6 is 0 Å². The molecule has 0 saturated heterocycles. The third-order valence-electron chi connectivity index (χ3n) is 5.28. The Hall–Kier alpha value is -3.53. The molecule has 0 fully saturated rings. The highest BCUT2D eigenvalue weighted by atomic mass is 19.1. The Balaban J connectivity index is 2.08. The predicted octanol–water partition coefficient (Wildman–Crippen LogP) is 7.25. The fourth-order valence-corrected chi connectivity index (χ4v) is 3.58. The fraction of sp³-hybridized carbons (Fsp3) is 0.214. The van der Waals surface area contributed by atoms with E-state index in [2.05, 4.69) is 29.4 Å². The van der Waals surface area contributed by atoms with Crippen molar-refractivity contribution in [2.45, 2.75) is 40.5 Å². The van der Waals surface area contributed by atoms with Crippen molar-refractivity contribution in [3.8, 4) is 11.1 Å². The van der Waals surface area contributed by atoms with Gasteiger partial charge < -0.3 is 5.32 Å². The first-order chi connectivity index (χ1) is 15.4. The lowest BCUT2D eigenvalue weighted by molar-refractivity contribution is -0.111. The maximum Gasteiger partial charge on any atom is 0.248 e. The monoisotopic (exact) mass is 428 g/mol. The van der Waals surface area contributed by atoms with E-state index in [0.29, 0.717) is 16.8 Å². The molecule has 0 spiro atoms. The molecule has 2 aromatic carbocycles. The molecule has 0 unspecified atom stereocenters. The molecule has 0 aliphatic rings. The molecule has 4 heteroatoms. The minimum absolute atomic E-state index is 0.174. The van der Waals surface area contributed by atoms with Crippen molar-refractivity contribution in [3.05, 3.63) is 101 Å². The van der Waals surface area contributed by atoms with Gasteiger partial charge in [-0.2, -0.15) is 0 Å². The number of nitrogens with one attached hydrogen (secondary N) is 1. The van der Waals surface area contributed by atoms with Crippen LogP contribution in [0.2, 0.25) is 0 Å². The van der Waals surface area contributed by atoms with Crippen molar-refractivity contribution in [1.29, 1.82) is 0 Å². The first kappa shape index (κ1) is 23.1. The molecule has 0 saturated carbocycles. The Kier molecular flexibility index (Phi) is 7.72. The number of hydrogen-bond acceptors (Lipinski definition) is 2. The van der Waals surface area contributed by atoms with Crippen LogP contribution in [0.15, 0.2) is 73.0 Å². The smallest absolute Gasteiger partial charge is 0.248 e. The number of rotatable bonds is 7. The number of pyridine rings is 1. The van der Waals surface area contributed by atoms with E-state index in [4.69, 9.17) is 0 Å². The summed E-state index contributed by atoms with van der Waals surface area (Å²) in [6.45, 7) is 7.64. The largest absolute Gasteiger partial charge is 0.323 e. The molecular weight excluding hydrogens is 399 g/mol. The third-order valence-corrected chi connectivity index (χ3v) is 5.28. The van der Waals surface area contributed by atoms with Gasteiger partial charge in [0.05, 0.1) is 0 Å². The quantitative estimate of drug-likeness (QED) is 0.403. The number of allylic oxidation sites excluding steroid dienone is 2. The molecule has 0 aliphatic heterocycles. The van der Waals surface area contributed by atoms with Gasteiger partial charge in [0.25, 0.3) is 0 Å². The number of aryl methyl sites for hydroxylation is 2. The normalized spacial score (nSPS) is 11.7. The number of carbonyl (C=O) groups excluding carboxylic acids is 1. The van der Waals surface area contributed by atoms with Gasteiger partial charge in [-0.15, -0.1) is 0 Å². The van der Waals surface area contributed by atoms with E-state index < -0.39 is 0 Å². The zero-order chi connectivity index (χ0) is 23.1. The van der Waals surface area contributed by atoms with Crippen LogP contribution in [0.25, 0.3) is 16.7 Å². The van der Waals surface area contributed by atoms with Crippen LogP contribution in [0.3, 0.4) is 0 Å². The van der Waals surface area contributed by atoms with E-state index >= 15 is 4.39 Å². The summed E-state index contributed by atoms with van der Waals surface area (Å²) in [7, 11) is 0. The molecular formula is C28H29FN2O. The first-order valence-corrected chi connectivity index (χ1v) is 10.9. The van der Waals surface area contributed by atoms with E-state index in [1.54, 1.807) is 26.0 Å². The van der Waals surface area contributed by atoms with Gasteiger partial charge in [0, 0.05) is 34.3 Å². The molecule has 1 N–H and O–H groups in total. The highest BCUT2D eigenvalue weighted by Gasteiger charge is 2.15. The minimum Gasteiger partial charge on any atom is -0.323 e. The fourth-order valence-electron chi connectivity index (χ4n) is 3.58. The molecule has 0 bridgehead atoms. The van der Waals surface area contributed by atoms with Gasteiger partial charge in [0.1, 0.15) is 5.82 Å². The molecule has 32 heavy (non-hydrogen) atoms. The Bertz CT molecular complexity index is 1180. The third kappa shape index (κ3) is 5.38. The average Bonchev–Trinajstić information content (AvgIpc) is 2.78. The lowest BCUT2D eigenvalue weighted by atomic mass is 9.92. The first-order valence-electron chi connectivity index (χ1n) is 10.9. The summed E-state index contributed by atoms with van der Waals surface area (Å²) in [6, 6.07) is 15.2. The van der Waals surface area contributed by atoms with Gasteiger partial charge in [-0.3, -0.25) is 9.78 Å². The number of hydrogen-bond donors (Lipinski definition) is 1. The highest BCUT2D eigenvalue weighted by molar-refractivity contribution is 5.99. The predicted molar refractivity (Wildman–Crippen MR) is 131 cm³/mol.